The SMILES string of the molecule is O=C(O)N[C@H](CO)Cc1ccc(Br)cc1. The first-order valence-electron chi connectivity index (χ1n) is 4.46. The van der Waals surface area contributed by atoms with E-state index in [1.54, 1.807) is 0 Å². The third-order valence-corrected chi connectivity index (χ3v) is 2.47. The van der Waals surface area contributed by atoms with Gasteiger partial charge in [0.1, 0.15) is 0 Å². The normalized spacial score (nSPS) is 12.1. The van der Waals surface area contributed by atoms with E-state index < -0.39 is 12.1 Å². The third kappa shape index (κ3) is 4.31. The summed E-state index contributed by atoms with van der Waals surface area (Å²) < 4.78 is 0.970. The Bertz CT molecular complexity index is 326. The summed E-state index contributed by atoms with van der Waals surface area (Å²) in [7, 11) is 0. The first-order chi connectivity index (χ1) is 7.11. The lowest BCUT2D eigenvalue weighted by molar-refractivity contribution is 0.177. The Morgan fingerprint density at radius 2 is 2.00 bits per heavy atom. The van der Waals surface area contributed by atoms with Crippen molar-refractivity contribution < 1.29 is 15.0 Å². The van der Waals surface area contributed by atoms with Gasteiger partial charge in [-0.3, -0.25) is 0 Å². The second-order valence-corrected chi connectivity index (χ2v) is 4.08. The molecule has 82 valence electrons. The lowest BCUT2D eigenvalue weighted by Crippen LogP contribution is -2.38. The number of benzene rings is 1. The van der Waals surface area contributed by atoms with E-state index in [1.165, 1.54) is 0 Å². The molecular formula is C10H12BrNO3. The van der Waals surface area contributed by atoms with Crippen LogP contribution in [0.5, 0.6) is 0 Å². The van der Waals surface area contributed by atoms with Gasteiger partial charge in [0, 0.05) is 4.47 Å². The van der Waals surface area contributed by atoms with Crippen molar-refractivity contribution >= 4 is 22.0 Å². The molecule has 0 spiro atoms. The van der Waals surface area contributed by atoms with Crippen molar-refractivity contribution in [3.8, 4) is 0 Å². The molecule has 0 unspecified atom stereocenters. The van der Waals surface area contributed by atoms with Crippen LogP contribution in [0.3, 0.4) is 0 Å². The van der Waals surface area contributed by atoms with Gasteiger partial charge < -0.3 is 15.5 Å². The molecule has 1 aromatic carbocycles. The molecule has 0 aliphatic rings. The predicted octanol–water partition coefficient (Wildman–Crippen LogP) is 1.62. The Hall–Kier alpha value is -1.07. The number of aliphatic hydroxyl groups excluding tert-OH is 1. The van der Waals surface area contributed by atoms with Gasteiger partial charge in [0.15, 0.2) is 0 Å². The summed E-state index contributed by atoms with van der Waals surface area (Å²) in [6.45, 7) is -0.206. The number of nitrogens with one attached hydrogen (secondary N) is 1. The first kappa shape index (κ1) is 12.0. The van der Waals surface area contributed by atoms with Gasteiger partial charge in [-0.2, -0.15) is 0 Å². The molecule has 4 nitrogen and oxygen atoms in total. The van der Waals surface area contributed by atoms with Crippen molar-refractivity contribution in [1.82, 2.24) is 5.32 Å². The molecule has 0 aromatic heterocycles. The average molecular weight is 274 g/mol. The minimum absolute atomic E-state index is 0.206. The van der Waals surface area contributed by atoms with Crippen LogP contribution in [0.1, 0.15) is 5.56 Å². The van der Waals surface area contributed by atoms with Gasteiger partial charge in [-0.05, 0) is 24.1 Å². The largest absolute Gasteiger partial charge is 0.465 e. The van der Waals surface area contributed by atoms with Gasteiger partial charge in [-0.15, -0.1) is 0 Å². The Morgan fingerprint density at radius 1 is 1.40 bits per heavy atom. The van der Waals surface area contributed by atoms with Crippen LogP contribution >= 0.6 is 15.9 Å². The van der Waals surface area contributed by atoms with Gasteiger partial charge in [0.2, 0.25) is 0 Å². The Labute approximate surface area is 96.1 Å². The van der Waals surface area contributed by atoms with Crippen LogP contribution in [-0.4, -0.2) is 29.0 Å². The minimum atomic E-state index is -1.12. The van der Waals surface area contributed by atoms with Crippen LogP contribution in [0.25, 0.3) is 0 Å². The summed E-state index contributed by atoms with van der Waals surface area (Å²) in [5, 5.41) is 19.7. The maximum absolute atomic E-state index is 10.4. The van der Waals surface area contributed by atoms with Crippen molar-refractivity contribution in [2.45, 2.75) is 12.5 Å². The molecule has 0 radical (unpaired) electrons. The third-order valence-electron chi connectivity index (χ3n) is 1.94. The summed E-state index contributed by atoms with van der Waals surface area (Å²) >= 11 is 3.31. The molecule has 0 heterocycles. The van der Waals surface area contributed by atoms with Crippen molar-refractivity contribution in [1.29, 1.82) is 0 Å². The Kier molecular flexibility index (Phi) is 4.58. The second-order valence-electron chi connectivity index (χ2n) is 3.16. The maximum atomic E-state index is 10.4. The smallest absolute Gasteiger partial charge is 0.404 e. The summed E-state index contributed by atoms with van der Waals surface area (Å²) in [5.74, 6) is 0. The van der Waals surface area contributed by atoms with Crippen LogP contribution in [0.2, 0.25) is 0 Å². The Morgan fingerprint density at radius 3 is 2.47 bits per heavy atom. The van der Waals surface area contributed by atoms with Crippen LogP contribution in [0.15, 0.2) is 28.7 Å². The van der Waals surface area contributed by atoms with E-state index in [0.29, 0.717) is 6.42 Å². The number of rotatable bonds is 4. The van der Waals surface area contributed by atoms with E-state index in [1.807, 2.05) is 24.3 Å². The molecular weight excluding hydrogens is 262 g/mol. The van der Waals surface area contributed by atoms with E-state index in [9.17, 15) is 4.79 Å². The fourth-order valence-electron chi connectivity index (χ4n) is 1.24. The van der Waals surface area contributed by atoms with E-state index in [4.69, 9.17) is 10.2 Å². The van der Waals surface area contributed by atoms with Gasteiger partial charge in [0.05, 0.1) is 12.6 Å². The van der Waals surface area contributed by atoms with Gasteiger partial charge in [-0.25, -0.2) is 4.79 Å². The summed E-state index contributed by atoms with van der Waals surface area (Å²) in [6, 6.07) is 7.07. The van der Waals surface area contributed by atoms with Crippen molar-refractivity contribution in [2.75, 3.05) is 6.61 Å². The molecule has 0 saturated heterocycles. The molecule has 1 atom stereocenters. The molecule has 5 heteroatoms. The maximum Gasteiger partial charge on any atom is 0.404 e. The number of hydrogen-bond donors (Lipinski definition) is 3. The van der Waals surface area contributed by atoms with Crippen LogP contribution < -0.4 is 5.32 Å². The van der Waals surface area contributed by atoms with E-state index in [0.717, 1.165) is 10.0 Å². The highest BCUT2D eigenvalue weighted by molar-refractivity contribution is 9.10. The fraction of sp³-hybridized carbons (Fsp3) is 0.300. The monoisotopic (exact) mass is 273 g/mol. The number of amides is 1. The summed E-state index contributed by atoms with van der Waals surface area (Å²) in [6.07, 6.45) is -0.637. The van der Waals surface area contributed by atoms with E-state index >= 15 is 0 Å². The lowest BCUT2D eigenvalue weighted by Gasteiger charge is -2.13. The minimum Gasteiger partial charge on any atom is -0.465 e. The van der Waals surface area contributed by atoms with Crippen molar-refractivity contribution in [3.63, 3.8) is 0 Å². The number of carbonyl (C=O) groups is 1. The van der Waals surface area contributed by atoms with E-state index in [2.05, 4.69) is 21.2 Å². The molecule has 15 heavy (non-hydrogen) atoms. The highest BCUT2D eigenvalue weighted by Crippen LogP contribution is 2.11. The van der Waals surface area contributed by atoms with Crippen LogP contribution in [-0.2, 0) is 6.42 Å². The zero-order chi connectivity index (χ0) is 11.3. The van der Waals surface area contributed by atoms with Gasteiger partial charge in [-0.1, -0.05) is 28.1 Å². The number of carboxylic acid groups (broad SMARTS) is 1. The van der Waals surface area contributed by atoms with Crippen molar-refractivity contribution in [2.24, 2.45) is 0 Å². The zero-order valence-corrected chi connectivity index (χ0v) is 9.57. The molecule has 1 aromatic rings. The lowest BCUT2D eigenvalue weighted by atomic mass is 10.1. The molecule has 1 amide bonds. The quantitative estimate of drug-likeness (QED) is 0.781. The van der Waals surface area contributed by atoms with E-state index in [-0.39, 0.29) is 6.61 Å². The Balaban J connectivity index is 2.58. The molecule has 0 aliphatic carbocycles. The predicted molar refractivity (Wildman–Crippen MR) is 59.9 cm³/mol. The molecule has 0 bridgehead atoms. The zero-order valence-electron chi connectivity index (χ0n) is 7.98. The fourth-order valence-corrected chi connectivity index (χ4v) is 1.51. The van der Waals surface area contributed by atoms with Crippen LogP contribution in [0, 0.1) is 0 Å². The first-order valence-corrected chi connectivity index (χ1v) is 5.26. The van der Waals surface area contributed by atoms with Crippen molar-refractivity contribution in [3.05, 3.63) is 34.3 Å². The highest BCUT2D eigenvalue weighted by atomic mass is 79.9. The van der Waals surface area contributed by atoms with Gasteiger partial charge >= 0.3 is 6.09 Å². The molecule has 0 fully saturated rings. The second kappa shape index (κ2) is 5.72. The molecule has 0 aliphatic heterocycles. The number of halogens is 1. The van der Waals surface area contributed by atoms with Gasteiger partial charge in [0.25, 0.3) is 0 Å². The number of aliphatic hydroxyl groups is 1. The molecule has 3 N–H and O–H groups in total. The average Bonchev–Trinajstić information content (AvgIpc) is 2.19. The highest BCUT2D eigenvalue weighted by Gasteiger charge is 2.10. The summed E-state index contributed by atoms with van der Waals surface area (Å²) in [5.41, 5.74) is 0.978. The topological polar surface area (TPSA) is 69.6 Å². The van der Waals surface area contributed by atoms with Crippen LogP contribution in [0.4, 0.5) is 4.79 Å². The standard InChI is InChI=1S/C10H12BrNO3/c11-8-3-1-7(2-4-8)5-9(6-13)12-10(14)15/h1-4,9,12-13H,5-6H2,(H,14,15)/t9-/m0/s1. The molecule has 1 rings (SSSR count). The summed E-state index contributed by atoms with van der Waals surface area (Å²) in [4.78, 5) is 10.4. The number of hydrogen-bond acceptors (Lipinski definition) is 2. The molecule has 0 saturated carbocycles.